The van der Waals surface area contributed by atoms with Gasteiger partial charge in [-0.2, -0.15) is 0 Å². The van der Waals surface area contributed by atoms with Crippen LogP contribution < -0.4 is 24.2 Å². The lowest BCUT2D eigenvalue weighted by Gasteiger charge is -2.12. The number of rotatable bonds is 10. The Morgan fingerprint density at radius 1 is 0.971 bits per heavy atom. The predicted molar refractivity (Wildman–Crippen MR) is 131 cm³/mol. The molecule has 8 nitrogen and oxygen atoms in total. The van der Waals surface area contributed by atoms with E-state index in [9.17, 15) is 13.2 Å². The van der Waals surface area contributed by atoms with Gasteiger partial charge < -0.3 is 19.5 Å². The van der Waals surface area contributed by atoms with E-state index < -0.39 is 15.9 Å². The number of carbonyl (C=O) groups excluding carboxylic acids is 1. The lowest BCUT2D eigenvalue weighted by molar-refractivity contribution is -0.111. The first kappa shape index (κ1) is 24.8. The average molecular weight is 483 g/mol. The highest BCUT2D eigenvalue weighted by molar-refractivity contribution is 7.89. The van der Waals surface area contributed by atoms with Crippen molar-refractivity contribution in [2.24, 2.45) is 0 Å². The second kappa shape index (κ2) is 11.4. The van der Waals surface area contributed by atoms with E-state index in [1.165, 1.54) is 38.4 Å². The quantitative estimate of drug-likeness (QED) is 0.414. The van der Waals surface area contributed by atoms with Gasteiger partial charge in [0.05, 0.1) is 19.4 Å². The molecule has 0 saturated heterocycles. The van der Waals surface area contributed by atoms with Gasteiger partial charge in [-0.05, 0) is 74.1 Å². The zero-order chi connectivity index (χ0) is 24.6. The molecule has 0 atom stereocenters. The third kappa shape index (κ3) is 6.37. The highest BCUT2D eigenvalue weighted by Crippen LogP contribution is 2.30. The van der Waals surface area contributed by atoms with Gasteiger partial charge in [-0.3, -0.25) is 4.79 Å². The standard InChI is InChI=1S/C25H26N2O6S/c1-4-32-19-11-13-20(14-12-19)33-22-8-6-5-7-21(22)27-25(28)16-10-18-9-15-23(31-3)24(17-18)34(29,30)26-2/h5-17,26H,4H2,1-3H3,(H,27,28)/b16-10+. The van der Waals surface area contributed by atoms with Gasteiger partial charge in [-0.15, -0.1) is 0 Å². The number of hydrogen-bond donors (Lipinski definition) is 2. The van der Waals surface area contributed by atoms with Crippen molar-refractivity contribution in [1.82, 2.24) is 4.72 Å². The Bertz CT molecular complexity index is 1270. The Morgan fingerprint density at radius 3 is 2.35 bits per heavy atom. The number of amides is 1. The molecular formula is C25H26N2O6S. The fourth-order valence-electron chi connectivity index (χ4n) is 3.02. The fourth-order valence-corrected chi connectivity index (χ4v) is 3.95. The van der Waals surface area contributed by atoms with Gasteiger partial charge in [0.2, 0.25) is 15.9 Å². The zero-order valence-electron chi connectivity index (χ0n) is 19.1. The van der Waals surface area contributed by atoms with Crippen LogP contribution in [0, 0.1) is 0 Å². The molecule has 0 spiro atoms. The Hall–Kier alpha value is -3.82. The number of methoxy groups -OCH3 is 1. The van der Waals surface area contributed by atoms with Crippen LogP contribution in [-0.2, 0) is 14.8 Å². The van der Waals surface area contributed by atoms with Crippen LogP contribution in [0.4, 0.5) is 5.69 Å². The third-order valence-electron chi connectivity index (χ3n) is 4.68. The molecule has 3 aromatic rings. The molecule has 0 radical (unpaired) electrons. The van der Waals surface area contributed by atoms with Crippen molar-refractivity contribution in [3.63, 3.8) is 0 Å². The lowest BCUT2D eigenvalue weighted by Crippen LogP contribution is -2.19. The Kier molecular flexibility index (Phi) is 8.29. The Balaban J connectivity index is 1.74. The summed E-state index contributed by atoms with van der Waals surface area (Å²) in [7, 11) is -1.02. The van der Waals surface area contributed by atoms with E-state index in [1.807, 2.05) is 6.92 Å². The minimum Gasteiger partial charge on any atom is -0.495 e. The van der Waals surface area contributed by atoms with Crippen molar-refractivity contribution in [2.75, 3.05) is 26.1 Å². The van der Waals surface area contributed by atoms with Gasteiger partial charge in [-0.1, -0.05) is 18.2 Å². The van der Waals surface area contributed by atoms with Crippen LogP contribution in [0.1, 0.15) is 12.5 Å². The van der Waals surface area contributed by atoms with Crippen LogP contribution >= 0.6 is 0 Å². The molecule has 0 aromatic heterocycles. The summed E-state index contributed by atoms with van der Waals surface area (Å²) in [5.41, 5.74) is 1.00. The molecule has 0 heterocycles. The zero-order valence-corrected chi connectivity index (χ0v) is 19.9. The van der Waals surface area contributed by atoms with Crippen LogP contribution in [0.3, 0.4) is 0 Å². The fraction of sp³-hybridized carbons (Fsp3) is 0.160. The third-order valence-corrected chi connectivity index (χ3v) is 6.12. The Morgan fingerprint density at radius 2 is 1.68 bits per heavy atom. The molecule has 2 N–H and O–H groups in total. The van der Waals surface area contributed by atoms with Crippen LogP contribution in [0.5, 0.6) is 23.0 Å². The molecule has 0 aliphatic carbocycles. The highest BCUT2D eigenvalue weighted by atomic mass is 32.2. The monoisotopic (exact) mass is 482 g/mol. The molecule has 9 heteroatoms. The minimum atomic E-state index is -3.73. The molecule has 0 aliphatic heterocycles. The molecule has 34 heavy (non-hydrogen) atoms. The maximum absolute atomic E-state index is 12.5. The van der Waals surface area contributed by atoms with E-state index >= 15 is 0 Å². The number of benzene rings is 3. The summed E-state index contributed by atoms with van der Waals surface area (Å²) in [5.74, 6) is 1.61. The number of carbonyl (C=O) groups is 1. The smallest absolute Gasteiger partial charge is 0.248 e. The van der Waals surface area contributed by atoms with E-state index in [1.54, 1.807) is 54.6 Å². The number of hydrogen-bond acceptors (Lipinski definition) is 6. The largest absolute Gasteiger partial charge is 0.495 e. The van der Waals surface area contributed by atoms with Crippen molar-refractivity contribution in [2.45, 2.75) is 11.8 Å². The summed E-state index contributed by atoms with van der Waals surface area (Å²) in [6.45, 7) is 2.49. The summed E-state index contributed by atoms with van der Waals surface area (Å²) in [5, 5.41) is 2.78. The molecule has 3 aromatic carbocycles. The molecule has 0 aliphatic rings. The van der Waals surface area contributed by atoms with Crippen LogP contribution in [0.15, 0.2) is 77.7 Å². The lowest BCUT2D eigenvalue weighted by atomic mass is 10.2. The molecule has 0 saturated carbocycles. The molecule has 3 rings (SSSR count). The maximum Gasteiger partial charge on any atom is 0.248 e. The van der Waals surface area contributed by atoms with Crippen molar-refractivity contribution >= 4 is 27.7 Å². The Labute approximate surface area is 199 Å². The second-order valence-corrected chi connectivity index (χ2v) is 8.80. The van der Waals surface area contributed by atoms with E-state index in [0.29, 0.717) is 29.4 Å². The van der Waals surface area contributed by atoms with E-state index in [2.05, 4.69) is 10.0 Å². The number of anilines is 1. The van der Waals surface area contributed by atoms with Crippen molar-refractivity contribution in [3.05, 3.63) is 78.4 Å². The summed E-state index contributed by atoms with van der Waals surface area (Å²) < 4.78 is 43.2. The van der Waals surface area contributed by atoms with E-state index in [-0.39, 0.29) is 10.6 Å². The van der Waals surface area contributed by atoms with Gasteiger partial charge in [0.25, 0.3) is 0 Å². The molecule has 1 amide bonds. The topological polar surface area (TPSA) is 103 Å². The SMILES string of the molecule is CCOc1ccc(Oc2ccccc2NC(=O)/C=C/c2ccc(OC)c(S(=O)(=O)NC)c2)cc1. The number of nitrogens with one attached hydrogen (secondary N) is 2. The van der Waals surface area contributed by atoms with Gasteiger partial charge >= 0.3 is 0 Å². The first-order chi connectivity index (χ1) is 16.4. The molecule has 178 valence electrons. The first-order valence-electron chi connectivity index (χ1n) is 10.5. The number of sulfonamides is 1. The van der Waals surface area contributed by atoms with E-state index in [4.69, 9.17) is 14.2 Å². The second-order valence-electron chi connectivity index (χ2n) is 6.94. The van der Waals surface area contributed by atoms with E-state index in [0.717, 1.165) is 5.75 Å². The molecule has 0 unspecified atom stereocenters. The van der Waals surface area contributed by atoms with Crippen molar-refractivity contribution in [1.29, 1.82) is 0 Å². The van der Waals surface area contributed by atoms with Crippen molar-refractivity contribution < 1.29 is 27.4 Å². The summed E-state index contributed by atoms with van der Waals surface area (Å²) in [4.78, 5) is 12.5. The maximum atomic E-state index is 12.5. The van der Waals surface area contributed by atoms with Crippen LogP contribution in [0.2, 0.25) is 0 Å². The average Bonchev–Trinajstić information content (AvgIpc) is 2.85. The summed E-state index contributed by atoms with van der Waals surface area (Å²) >= 11 is 0. The predicted octanol–water partition coefficient (Wildman–Crippen LogP) is 4.45. The first-order valence-corrected chi connectivity index (χ1v) is 11.9. The summed E-state index contributed by atoms with van der Waals surface area (Å²) in [6.07, 6.45) is 2.82. The van der Waals surface area contributed by atoms with Crippen LogP contribution in [-0.4, -0.2) is 35.1 Å². The highest BCUT2D eigenvalue weighted by Gasteiger charge is 2.17. The minimum absolute atomic E-state index is 0.0193. The van der Waals surface area contributed by atoms with Crippen LogP contribution in [0.25, 0.3) is 6.08 Å². The van der Waals surface area contributed by atoms with Gasteiger partial charge in [0.1, 0.15) is 22.1 Å². The van der Waals surface area contributed by atoms with Gasteiger partial charge in [0, 0.05) is 6.08 Å². The normalized spacial score (nSPS) is 11.3. The summed E-state index contributed by atoms with van der Waals surface area (Å²) in [6, 6.07) is 18.8. The molecule has 0 fully saturated rings. The number of ether oxygens (including phenoxy) is 3. The molecule has 0 bridgehead atoms. The number of para-hydroxylation sites is 2. The molecular weight excluding hydrogens is 456 g/mol. The van der Waals surface area contributed by atoms with Gasteiger partial charge in [0.15, 0.2) is 5.75 Å². The van der Waals surface area contributed by atoms with Crippen molar-refractivity contribution in [3.8, 4) is 23.0 Å². The van der Waals surface area contributed by atoms with Gasteiger partial charge in [-0.25, -0.2) is 13.1 Å².